The molecule has 152 valence electrons. The number of nitrogens with zero attached hydrogens (tertiary/aromatic N) is 3. The minimum absolute atomic E-state index is 0.0530. The van der Waals surface area contributed by atoms with Crippen molar-refractivity contribution in [3.05, 3.63) is 59.3 Å². The molecule has 2 aromatic rings. The second-order valence-electron chi connectivity index (χ2n) is 6.50. The number of morpholine rings is 1. The molecule has 3 heterocycles. The van der Waals surface area contributed by atoms with E-state index in [1.54, 1.807) is 17.0 Å². The lowest BCUT2D eigenvalue weighted by atomic mass is 9.99. The van der Waals surface area contributed by atoms with Crippen LogP contribution >= 0.6 is 11.6 Å². The van der Waals surface area contributed by atoms with E-state index in [2.05, 4.69) is 21.9 Å². The van der Waals surface area contributed by atoms with E-state index in [0.717, 1.165) is 6.20 Å². The maximum Gasteiger partial charge on any atom is 0.269 e. The van der Waals surface area contributed by atoms with Gasteiger partial charge in [0.2, 0.25) is 5.91 Å². The predicted octanol–water partition coefficient (Wildman–Crippen LogP) is 2.77. The van der Waals surface area contributed by atoms with E-state index in [9.17, 15) is 14.0 Å². The average Bonchev–Trinajstić information content (AvgIpc) is 2.72. The number of nitrogens with one attached hydrogen (secondary N) is 1. The zero-order valence-electron chi connectivity index (χ0n) is 16.0. The Morgan fingerprint density at radius 2 is 2.17 bits per heavy atom. The summed E-state index contributed by atoms with van der Waals surface area (Å²) in [6, 6.07) is 4.28. The molecule has 3 rings (SSSR count). The van der Waals surface area contributed by atoms with Gasteiger partial charge < -0.3 is 15.0 Å². The number of rotatable bonds is 4. The van der Waals surface area contributed by atoms with Crippen molar-refractivity contribution in [2.45, 2.75) is 19.1 Å². The molecule has 0 bridgehead atoms. The Morgan fingerprint density at radius 3 is 2.86 bits per heavy atom. The predicted molar refractivity (Wildman–Crippen MR) is 106 cm³/mol. The molecule has 0 radical (unpaired) electrons. The van der Waals surface area contributed by atoms with Crippen LogP contribution in [0, 0.1) is 5.82 Å². The first kappa shape index (κ1) is 20.9. The van der Waals surface area contributed by atoms with Crippen LogP contribution in [0.1, 0.15) is 29.1 Å². The van der Waals surface area contributed by atoms with Gasteiger partial charge in [0.25, 0.3) is 5.91 Å². The first-order valence-electron chi connectivity index (χ1n) is 8.95. The van der Waals surface area contributed by atoms with E-state index in [0.29, 0.717) is 18.7 Å². The number of pyridine rings is 2. The van der Waals surface area contributed by atoms with Crippen molar-refractivity contribution in [1.82, 2.24) is 20.2 Å². The van der Waals surface area contributed by atoms with Crippen molar-refractivity contribution >= 4 is 23.4 Å². The molecule has 9 heteroatoms. The van der Waals surface area contributed by atoms with Crippen LogP contribution in [0.3, 0.4) is 0 Å². The normalized spacial score (nSPS) is 19.0. The number of carbonyl (C=O) groups is 2. The molecular formula is C20H20ClFN4O3. The van der Waals surface area contributed by atoms with Gasteiger partial charge in [-0.25, -0.2) is 14.4 Å². The highest BCUT2D eigenvalue weighted by Gasteiger charge is 2.32. The second-order valence-corrected chi connectivity index (χ2v) is 6.89. The van der Waals surface area contributed by atoms with Crippen LogP contribution < -0.4 is 5.32 Å². The fourth-order valence-electron chi connectivity index (χ4n) is 3.29. The largest absolute Gasteiger partial charge is 0.370 e. The molecule has 7 nitrogen and oxygen atoms in total. The molecule has 0 unspecified atom stereocenters. The summed E-state index contributed by atoms with van der Waals surface area (Å²) in [5, 5.41) is 2.58. The molecular weight excluding hydrogens is 399 g/mol. The van der Waals surface area contributed by atoms with Gasteiger partial charge in [0.05, 0.1) is 24.5 Å². The van der Waals surface area contributed by atoms with E-state index >= 15 is 0 Å². The summed E-state index contributed by atoms with van der Waals surface area (Å²) < 4.78 is 20.3. The van der Waals surface area contributed by atoms with Crippen molar-refractivity contribution in [3.63, 3.8) is 0 Å². The summed E-state index contributed by atoms with van der Waals surface area (Å²) >= 11 is 6.19. The molecule has 1 aliphatic heterocycles. The molecule has 1 saturated heterocycles. The standard InChI is InChI=1S/C20H20ClFN4O3/c1-4-18(27)26-5-6-29-19(11(26)2)12-7-15(25-17(21)8-12)13-9-16(20(28)23-3)24-10-14(13)22/h4,7-11,19H,1,5-6H2,2-3H3,(H,23,28)/t11-,19+/m0/s1. The Labute approximate surface area is 172 Å². The number of carbonyl (C=O) groups excluding carboxylic acids is 2. The van der Waals surface area contributed by atoms with Gasteiger partial charge in [-0.3, -0.25) is 9.59 Å². The highest BCUT2D eigenvalue weighted by Crippen LogP contribution is 2.33. The number of hydrogen-bond acceptors (Lipinski definition) is 5. The molecule has 0 saturated carbocycles. The fraction of sp³-hybridized carbons (Fsp3) is 0.300. The van der Waals surface area contributed by atoms with Gasteiger partial charge in [0, 0.05) is 19.2 Å². The number of halogens is 2. The van der Waals surface area contributed by atoms with Crippen LogP contribution in [0.5, 0.6) is 0 Å². The van der Waals surface area contributed by atoms with Crippen LogP contribution in [-0.2, 0) is 9.53 Å². The maximum absolute atomic E-state index is 14.4. The second kappa shape index (κ2) is 8.67. The lowest BCUT2D eigenvalue weighted by Crippen LogP contribution is -2.48. The van der Waals surface area contributed by atoms with Crippen molar-refractivity contribution in [3.8, 4) is 11.3 Å². The van der Waals surface area contributed by atoms with E-state index < -0.39 is 17.8 Å². The van der Waals surface area contributed by atoms with Gasteiger partial charge in [-0.2, -0.15) is 0 Å². The lowest BCUT2D eigenvalue weighted by molar-refractivity contribution is -0.140. The third-order valence-corrected chi connectivity index (χ3v) is 4.95. The van der Waals surface area contributed by atoms with E-state index in [4.69, 9.17) is 16.3 Å². The Kier molecular flexibility index (Phi) is 6.24. The van der Waals surface area contributed by atoms with Crippen molar-refractivity contribution < 1.29 is 18.7 Å². The zero-order chi connectivity index (χ0) is 21.1. The number of aromatic nitrogens is 2. The molecule has 0 aliphatic carbocycles. The van der Waals surface area contributed by atoms with E-state index in [1.807, 2.05) is 6.92 Å². The topological polar surface area (TPSA) is 84.4 Å². The van der Waals surface area contributed by atoms with Crippen LogP contribution in [0.4, 0.5) is 4.39 Å². The lowest BCUT2D eigenvalue weighted by Gasteiger charge is -2.39. The first-order valence-corrected chi connectivity index (χ1v) is 9.33. The van der Waals surface area contributed by atoms with Gasteiger partial charge >= 0.3 is 0 Å². The summed E-state index contributed by atoms with van der Waals surface area (Å²) in [5.74, 6) is -1.28. The fourth-order valence-corrected chi connectivity index (χ4v) is 3.51. The SMILES string of the molecule is C=CC(=O)N1CCO[C@@H](c2cc(Cl)nc(-c3cc(C(=O)NC)ncc3F)c2)[C@@H]1C. The molecule has 2 aromatic heterocycles. The van der Waals surface area contributed by atoms with Crippen molar-refractivity contribution in [2.24, 2.45) is 0 Å². The third-order valence-electron chi connectivity index (χ3n) is 4.75. The Morgan fingerprint density at radius 1 is 1.41 bits per heavy atom. The summed E-state index contributed by atoms with van der Waals surface area (Å²) in [6.45, 7) is 6.18. The van der Waals surface area contributed by atoms with Gasteiger partial charge in [0.1, 0.15) is 17.0 Å². The quantitative estimate of drug-likeness (QED) is 0.609. The molecule has 0 spiro atoms. The monoisotopic (exact) mass is 418 g/mol. The molecule has 2 atom stereocenters. The Bertz CT molecular complexity index is 969. The van der Waals surface area contributed by atoms with Crippen LogP contribution in [0.15, 0.2) is 37.1 Å². The number of ether oxygens (including phenoxy) is 1. The van der Waals surface area contributed by atoms with Gasteiger partial charge in [-0.1, -0.05) is 18.2 Å². The number of hydrogen-bond donors (Lipinski definition) is 1. The van der Waals surface area contributed by atoms with E-state index in [1.165, 1.54) is 19.2 Å². The Balaban J connectivity index is 2.02. The number of amides is 2. The van der Waals surface area contributed by atoms with Crippen molar-refractivity contribution in [2.75, 3.05) is 20.2 Å². The minimum Gasteiger partial charge on any atom is -0.370 e. The summed E-state index contributed by atoms with van der Waals surface area (Å²) in [4.78, 5) is 33.6. The van der Waals surface area contributed by atoms with Gasteiger partial charge in [-0.05, 0) is 36.8 Å². The molecule has 2 amide bonds. The summed E-state index contributed by atoms with van der Waals surface area (Å²) in [7, 11) is 1.46. The molecule has 1 fully saturated rings. The Hall–Kier alpha value is -2.84. The molecule has 0 aromatic carbocycles. The zero-order valence-corrected chi connectivity index (χ0v) is 16.7. The molecule has 29 heavy (non-hydrogen) atoms. The average molecular weight is 419 g/mol. The minimum atomic E-state index is -0.639. The highest BCUT2D eigenvalue weighted by molar-refractivity contribution is 6.29. The van der Waals surface area contributed by atoms with Gasteiger partial charge in [-0.15, -0.1) is 0 Å². The third kappa shape index (κ3) is 4.28. The first-order chi connectivity index (χ1) is 13.8. The van der Waals surface area contributed by atoms with Crippen LogP contribution in [0.25, 0.3) is 11.3 Å². The smallest absolute Gasteiger partial charge is 0.269 e. The summed E-state index contributed by atoms with van der Waals surface area (Å²) in [6.07, 6.45) is 1.75. The summed E-state index contributed by atoms with van der Waals surface area (Å²) in [5.41, 5.74) is 1.02. The highest BCUT2D eigenvalue weighted by atomic mass is 35.5. The van der Waals surface area contributed by atoms with Crippen LogP contribution in [-0.4, -0.2) is 52.9 Å². The van der Waals surface area contributed by atoms with Crippen molar-refractivity contribution in [1.29, 1.82) is 0 Å². The van der Waals surface area contributed by atoms with Gasteiger partial charge in [0.15, 0.2) is 5.82 Å². The molecule has 1 N–H and O–H groups in total. The van der Waals surface area contributed by atoms with E-state index in [-0.39, 0.29) is 34.1 Å². The maximum atomic E-state index is 14.4. The molecule has 1 aliphatic rings. The van der Waals surface area contributed by atoms with Crippen LogP contribution in [0.2, 0.25) is 5.15 Å².